The van der Waals surface area contributed by atoms with Crippen molar-refractivity contribution in [3.05, 3.63) is 53.6 Å². The Hall–Kier alpha value is -2.38. The van der Waals surface area contributed by atoms with Crippen molar-refractivity contribution in [2.24, 2.45) is 5.14 Å². The standard InChI is InChI=1S/C18H21N3O3S/c1-12(20-16-6-5-13-3-2-4-14(13)11-16)18(22)21-15-7-9-17(10-8-15)25(19,23)24/h5-12,20H,2-4H2,1H3,(H,21,22)(H2,19,23,24)/t12-/m1/s1. The van der Waals surface area contributed by atoms with Gasteiger partial charge in [-0.2, -0.15) is 0 Å². The molecule has 1 aliphatic carbocycles. The number of carbonyl (C=O) groups excluding carboxylic acids is 1. The topological polar surface area (TPSA) is 101 Å². The molecule has 132 valence electrons. The number of anilines is 2. The minimum atomic E-state index is -3.74. The summed E-state index contributed by atoms with van der Waals surface area (Å²) < 4.78 is 22.5. The monoisotopic (exact) mass is 359 g/mol. The molecule has 0 spiro atoms. The van der Waals surface area contributed by atoms with Crippen LogP contribution < -0.4 is 15.8 Å². The molecule has 4 N–H and O–H groups in total. The van der Waals surface area contributed by atoms with Gasteiger partial charge in [0, 0.05) is 11.4 Å². The molecule has 1 atom stereocenters. The number of nitrogens with one attached hydrogen (secondary N) is 2. The molecule has 0 heterocycles. The molecule has 0 fully saturated rings. The maximum Gasteiger partial charge on any atom is 0.246 e. The molecule has 0 saturated carbocycles. The number of carbonyl (C=O) groups is 1. The SMILES string of the molecule is C[C@@H](Nc1ccc2c(c1)CCC2)C(=O)Nc1ccc(S(N)(=O)=O)cc1. The van der Waals surface area contributed by atoms with Gasteiger partial charge in [0.05, 0.1) is 4.90 Å². The van der Waals surface area contributed by atoms with Crippen molar-refractivity contribution in [1.82, 2.24) is 0 Å². The van der Waals surface area contributed by atoms with Crippen LogP contribution in [0.2, 0.25) is 0 Å². The third kappa shape index (κ3) is 4.18. The van der Waals surface area contributed by atoms with E-state index in [0.29, 0.717) is 5.69 Å². The molecule has 0 radical (unpaired) electrons. The second-order valence-electron chi connectivity index (χ2n) is 6.26. The van der Waals surface area contributed by atoms with Crippen LogP contribution in [0.1, 0.15) is 24.5 Å². The van der Waals surface area contributed by atoms with Gasteiger partial charge >= 0.3 is 0 Å². The summed E-state index contributed by atoms with van der Waals surface area (Å²) in [4.78, 5) is 12.3. The fourth-order valence-electron chi connectivity index (χ4n) is 2.96. The molecule has 2 aromatic rings. The number of hydrogen-bond donors (Lipinski definition) is 3. The van der Waals surface area contributed by atoms with Crippen molar-refractivity contribution in [1.29, 1.82) is 0 Å². The Morgan fingerprint density at radius 2 is 1.68 bits per heavy atom. The van der Waals surface area contributed by atoms with E-state index in [-0.39, 0.29) is 10.8 Å². The highest BCUT2D eigenvalue weighted by molar-refractivity contribution is 7.89. The Kier molecular flexibility index (Phi) is 4.78. The van der Waals surface area contributed by atoms with E-state index >= 15 is 0 Å². The van der Waals surface area contributed by atoms with Gasteiger partial charge in [-0.1, -0.05) is 6.07 Å². The average molecular weight is 359 g/mol. The van der Waals surface area contributed by atoms with Crippen LogP contribution in [-0.4, -0.2) is 20.4 Å². The number of benzene rings is 2. The summed E-state index contributed by atoms with van der Waals surface area (Å²) in [5.41, 5.74) is 4.17. The Morgan fingerprint density at radius 1 is 1.04 bits per heavy atom. The summed E-state index contributed by atoms with van der Waals surface area (Å²) >= 11 is 0. The molecule has 2 aromatic carbocycles. The maximum absolute atomic E-state index is 12.3. The summed E-state index contributed by atoms with van der Waals surface area (Å²) in [6.45, 7) is 1.78. The van der Waals surface area contributed by atoms with Gasteiger partial charge in [-0.3, -0.25) is 4.79 Å². The number of rotatable bonds is 5. The zero-order valence-electron chi connectivity index (χ0n) is 14.0. The summed E-state index contributed by atoms with van der Waals surface area (Å²) in [6.07, 6.45) is 3.39. The van der Waals surface area contributed by atoms with E-state index in [4.69, 9.17) is 5.14 Å². The zero-order valence-corrected chi connectivity index (χ0v) is 14.8. The van der Waals surface area contributed by atoms with Crippen molar-refractivity contribution < 1.29 is 13.2 Å². The van der Waals surface area contributed by atoms with E-state index in [2.05, 4.69) is 22.8 Å². The quantitative estimate of drug-likeness (QED) is 0.762. The minimum absolute atomic E-state index is 0.00909. The lowest BCUT2D eigenvalue weighted by molar-refractivity contribution is -0.116. The van der Waals surface area contributed by atoms with Crippen molar-refractivity contribution in [3.63, 3.8) is 0 Å². The second kappa shape index (κ2) is 6.85. The van der Waals surface area contributed by atoms with Gasteiger partial charge in [0.1, 0.15) is 6.04 Å². The molecule has 25 heavy (non-hydrogen) atoms. The minimum Gasteiger partial charge on any atom is -0.374 e. The molecule has 1 amide bonds. The molecule has 7 heteroatoms. The smallest absolute Gasteiger partial charge is 0.246 e. The van der Waals surface area contributed by atoms with E-state index in [0.717, 1.165) is 18.5 Å². The van der Waals surface area contributed by atoms with E-state index in [9.17, 15) is 13.2 Å². The van der Waals surface area contributed by atoms with Crippen LogP contribution in [0.5, 0.6) is 0 Å². The van der Waals surface area contributed by atoms with Gasteiger partial charge in [-0.05, 0) is 73.7 Å². The Bertz CT molecular complexity index is 892. The Labute approximate surface area is 147 Å². The largest absolute Gasteiger partial charge is 0.374 e. The van der Waals surface area contributed by atoms with E-state index in [1.54, 1.807) is 6.92 Å². The van der Waals surface area contributed by atoms with Gasteiger partial charge in [-0.15, -0.1) is 0 Å². The van der Waals surface area contributed by atoms with Crippen LogP contribution in [-0.2, 0) is 27.7 Å². The van der Waals surface area contributed by atoms with Crippen LogP contribution in [0.25, 0.3) is 0 Å². The molecule has 0 saturated heterocycles. The van der Waals surface area contributed by atoms with Gasteiger partial charge in [-0.25, -0.2) is 13.6 Å². The van der Waals surface area contributed by atoms with Gasteiger partial charge < -0.3 is 10.6 Å². The molecule has 0 bridgehead atoms. The number of hydrogen-bond acceptors (Lipinski definition) is 4. The van der Waals surface area contributed by atoms with Gasteiger partial charge in [0.25, 0.3) is 0 Å². The average Bonchev–Trinajstić information content (AvgIpc) is 3.02. The van der Waals surface area contributed by atoms with Crippen LogP contribution in [0.15, 0.2) is 47.4 Å². The molecule has 1 aliphatic rings. The Balaban J connectivity index is 1.62. The highest BCUT2D eigenvalue weighted by Crippen LogP contribution is 2.25. The lowest BCUT2D eigenvalue weighted by Gasteiger charge is -2.16. The van der Waals surface area contributed by atoms with E-state index < -0.39 is 16.1 Å². The highest BCUT2D eigenvalue weighted by atomic mass is 32.2. The first-order valence-electron chi connectivity index (χ1n) is 8.15. The molecular formula is C18H21N3O3S. The van der Waals surface area contributed by atoms with Crippen molar-refractivity contribution in [2.45, 2.75) is 37.1 Å². The lowest BCUT2D eigenvalue weighted by atomic mass is 10.1. The summed E-state index contributed by atoms with van der Waals surface area (Å²) in [5.74, 6) is -0.205. The van der Waals surface area contributed by atoms with Crippen molar-refractivity contribution >= 4 is 27.3 Å². The fourth-order valence-corrected chi connectivity index (χ4v) is 3.47. The third-order valence-electron chi connectivity index (χ3n) is 4.33. The number of fused-ring (bicyclic) bond motifs is 1. The van der Waals surface area contributed by atoms with Crippen molar-refractivity contribution in [3.8, 4) is 0 Å². The molecule has 0 aliphatic heterocycles. The predicted molar refractivity (Wildman–Crippen MR) is 98.0 cm³/mol. The van der Waals surface area contributed by atoms with Gasteiger partial charge in [0.15, 0.2) is 0 Å². The maximum atomic E-state index is 12.3. The number of sulfonamides is 1. The fraction of sp³-hybridized carbons (Fsp3) is 0.278. The highest BCUT2D eigenvalue weighted by Gasteiger charge is 2.16. The Morgan fingerprint density at radius 3 is 2.36 bits per heavy atom. The number of amides is 1. The van der Waals surface area contributed by atoms with Crippen LogP contribution in [0, 0.1) is 0 Å². The van der Waals surface area contributed by atoms with Crippen LogP contribution in [0.3, 0.4) is 0 Å². The summed E-state index contributed by atoms with van der Waals surface area (Å²) in [6, 6.07) is 11.5. The summed E-state index contributed by atoms with van der Waals surface area (Å²) in [7, 11) is -3.74. The number of primary sulfonamides is 1. The first-order valence-corrected chi connectivity index (χ1v) is 9.69. The molecule has 0 unspecified atom stereocenters. The zero-order chi connectivity index (χ0) is 18.0. The third-order valence-corrected chi connectivity index (χ3v) is 5.25. The van der Waals surface area contributed by atoms with E-state index in [1.165, 1.54) is 41.8 Å². The van der Waals surface area contributed by atoms with Gasteiger partial charge in [0.2, 0.25) is 15.9 Å². The number of aryl methyl sites for hydroxylation is 2. The van der Waals surface area contributed by atoms with Crippen LogP contribution >= 0.6 is 0 Å². The summed E-state index contributed by atoms with van der Waals surface area (Å²) in [5, 5.41) is 11.0. The molecule has 0 aromatic heterocycles. The van der Waals surface area contributed by atoms with Crippen LogP contribution in [0.4, 0.5) is 11.4 Å². The lowest BCUT2D eigenvalue weighted by Crippen LogP contribution is -2.31. The second-order valence-corrected chi connectivity index (χ2v) is 7.82. The first kappa shape index (κ1) is 17.4. The molecule has 6 nitrogen and oxygen atoms in total. The predicted octanol–water partition coefficient (Wildman–Crippen LogP) is 2.26. The first-order chi connectivity index (χ1) is 11.8. The van der Waals surface area contributed by atoms with E-state index in [1.807, 2.05) is 6.07 Å². The molecular weight excluding hydrogens is 338 g/mol. The van der Waals surface area contributed by atoms with Crippen molar-refractivity contribution in [2.75, 3.05) is 10.6 Å². The normalized spacial score (nSPS) is 14.6. The number of nitrogens with two attached hydrogens (primary N) is 1. The molecule has 3 rings (SSSR count).